The normalized spacial score (nSPS) is 17.6. The van der Waals surface area contributed by atoms with Crippen LogP contribution in [0.15, 0.2) is 27.8 Å². The number of morpholine rings is 1. The van der Waals surface area contributed by atoms with Crippen LogP contribution in [0, 0.1) is 0 Å². The molecule has 1 fully saturated rings. The van der Waals surface area contributed by atoms with Crippen LogP contribution < -0.4 is 10.6 Å². The Morgan fingerprint density at radius 2 is 2.18 bits per heavy atom. The van der Waals surface area contributed by atoms with Crippen LogP contribution in [0.25, 0.3) is 0 Å². The highest BCUT2D eigenvalue weighted by molar-refractivity contribution is 14.0. The lowest BCUT2D eigenvalue weighted by molar-refractivity contribution is 0.0156. The van der Waals surface area contributed by atoms with Crippen molar-refractivity contribution in [2.75, 3.05) is 46.4 Å². The molecule has 2 heterocycles. The highest BCUT2D eigenvalue weighted by atomic mass is 127. The second-order valence-electron chi connectivity index (χ2n) is 4.95. The van der Waals surface area contributed by atoms with Gasteiger partial charge in [0, 0.05) is 33.2 Å². The summed E-state index contributed by atoms with van der Waals surface area (Å²) in [5.41, 5.74) is 0. The first-order valence-corrected chi connectivity index (χ1v) is 7.23. The van der Waals surface area contributed by atoms with Crippen LogP contribution in [-0.4, -0.2) is 68.5 Å². The Kier molecular flexibility index (Phi) is 9.44. The number of nitrogens with one attached hydrogen (secondary N) is 2. The minimum Gasteiger partial charge on any atom is -0.467 e. The van der Waals surface area contributed by atoms with Gasteiger partial charge < -0.3 is 24.9 Å². The zero-order valence-corrected chi connectivity index (χ0v) is 15.2. The Hall–Kier alpha value is -0.840. The van der Waals surface area contributed by atoms with E-state index in [0.29, 0.717) is 25.6 Å². The van der Waals surface area contributed by atoms with Crippen LogP contribution in [0.3, 0.4) is 0 Å². The predicted octanol–water partition coefficient (Wildman–Crippen LogP) is 0.256. The van der Waals surface area contributed by atoms with Crippen LogP contribution >= 0.6 is 24.0 Å². The summed E-state index contributed by atoms with van der Waals surface area (Å²) in [5.74, 6) is 1.49. The zero-order valence-electron chi connectivity index (χ0n) is 12.8. The maximum atomic E-state index is 10.1. The number of ether oxygens (including phenoxy) is 1. The number of halogens is 1. The highest BCUT2D eigenvalue weighted by Gasteiger charge is 2.15. The molecule has 0 aromatic carbocycles. The molecule has 2 rings (SSSR count). The van der Waals surface area contributed by atoms with E-state index in [2.05, 4.69) is 20.5 Å². The fraction of sp³-hybridized carbons (Fsp3) is 0.643. The first-order chi connectivity index (χ1) is 10.3. The van der Waals surface area contributed by atoms with E-state index < -0.39 is 6.10 Å². The number of β-amino-alcohol motifs (C(OH)–C–C–N with tert-alkyl or cyclic N) is 1. The van der Waals surface area contributed by atoms with E-state index in [1.165, 1.54) is 0 Å². The number of aliphatic hydroxyl groups is 1. The second-order valence-corrected chi connectivity index (χ2v) is 4.95. The molecular weight excluding hydrogens is 399 g/mol. The third kappa shape index (κ3) is 6.95. The number of aliphatic hydroxyl groups excluding tert-OH is 1. The molecule has 1 atom stereocenters. The Balaban J connectivity index is 0.00000242. The molecule has 0 aliphatic carbocycles. The average molecular weight is 424 g/mol. The van der Waals surface area contributed by atoms with Crippen molar-refractivity contribution in [2.45, 2.75) is 12.6 Å². The smallest absolute Gasteiger partial charge is 0.191 e. The summed E-state index contributed by atoms with van der Waals surface area (Å²) in [6, 6.07) is 3.74. The van der Waals surface area contributed by atoms with E-state index >= 15 is 0 Å². The summed E-state index contributed by atoms with van der Waals surface area (Å²) < 4.78 is 10.5. The molecule has 22 heavy (non-hydrogen) atoms. The SMILES string of the molecule is CN=C(NCc1ccco1)NCC(O)CN1CCOCC1.I. The van der Waals surface area contributed by atoms with Gasteiger partial charge in [0.2, 0.25) is 0 Å². The van der Waals surface area contributed by atoms with Gasteiger partial charge in [0.05, 0.1) is 32.1 Å². The molecule has 0 bridgehead atoms. The monoisotopic (exact) mass is 424 g/mol. The molecular formula is C14H25IN4O3. The first kappa shape index (κ1) is 19.2. The van der Waals surface area contributed by atoms with Crippen LogP contribution in [0.5, 0.6) is 0 Å². The first-order valence-electron chi connectivity index (χ1n) is 7.23. The van der Waals surface area contributed by atoms with Crippen molar-refractivity contribution in [3.8, 4) is 0 Å². The lowest BCUT2D eigenvalue weighted by Gasteiger charge is -2.28. The molecule has 1 aromatic rings. The predicted molar refractivity (Wildman–Crippen MR) is 95.6 cm³/mol. The Morgan fingerprint density at radius 3 is 2.82 bits per heavy atom. The van der Waals surface area contributed by atoms with E-state index in [9.17, 15) is 5.11 Å². The molecule has 7 nitrogen and oxygen atoms in total. The molecule has 8 heteroatoms. The molecule has 1 unspecified atom stereocenters. The van der Waals surface area contributed by atoms with E-state index in [1.54, 1.807) is 13.3 Å². The molecule has 1 aliphatic heterocycles. The molecule has 1 aliphatic rings. The molecule has 0 radical (unpaired) electrons. The molecule has 126 valence electrons. The van der Waals surface area contributed by atoms with E-state index in [0.717, 1.165) is 32.1 Å². The average Bonchev–Trinajstić information content (AvgIpc) is 3.02. The standard InChI is InChI=1S/C14H24N4O3.HI/c1-15-14(17-10-13-3-2-6-21-13)16-9-12(19)11-18-4-7-20-8-5-18;/h2-3,6,12,19H,4-5,7-11H2,1H3,(H2,15,16,17);1H. The minimum atomic E-state index is -0.440. The fourth-order valence-corrected chi connectivity index (χ4v) is 2.17. The number of hydrogen-bond donors (Lipinski definition) is 3. The summed E-state index contributed by atoms with van der Waals surface area (Å²) in [6.45, 7) is 4.90. The largest absolute Gasteiger partial charge is 0.467 e. The van der Waals surface area contributed by atoms with Crippen LogP contribution in [-0.2, 0) is 11.3 Å². The molecule has 0 amide bonds. The number of rotatable bonds is 6. The number of hydrogen-bond acceptors (Lipinski definition) is 5. The lowest BCUT2D eigenvalue weighted by atomic mass is 10.3. The molecule has 0 spiro atoms. The van der Waals surface area contributed by atoms with Gasteiger partial charge in [0.1, 0.15) is 5.76 Å². The van der Waals surface area contributed by atoms with Gasteiger partial charge in [0.25, 0.3) is 0 Å². The summed E-state index contributed by atoms with van der Waals surface area (Å²) in [7, 11) is 1.70. The second kappa shape index (κ2) is 10.8. The molecule has 1 aromatic heterocycles. The highest BCUT2D eigenvalue weighted by Crippen LogP contribution is 1.99. The van der Waals surface area contributed by atoms with Gasteiger partial charge in [-0.2, -0.15) is 0 Å². The van der Waals surface area contributed by atoms with Crippen molar-refractivity contribution in [2.24, 2.45) is 4.99 Å². The summed E-state index contributed by atoms with van der Waals surface area (Å²) in [5, 5.41) is 16.3. The van der Waals surface area contributed by atoms with Gasteiger partial charge in [0.15, 0.2) is 5.96 Å². The van der Waals surface area contributed by atoms with Gasteiger partial charge >= 0.3 is 0 Å². The minimum absolute atomic E-state index is 0. The Labute approximate surface area is 148 Å². The third-order valence-electron chi connectivity index (χ3n) is 3.31. The number of aliphatic imine (C=N–C) groups is 1. The number of furan rings is 1. The van der Waals surface area contributed by atoms with Crippen LogP contribution in [0.2, 0.25) is 0 Å². The van der Waals surface area contributed by atoms with Gasteiger partial charge in [-0.1, -0.05) is 0 Å². The van der Waals surface area contributed by atoms with Crippen LogP contribution in [0.1, 0.15) is 5.76 Å². The van der Waals surface area contributed by atoms with E-state index in [4.69, 9.17) is 9.15 Å². The quantitative estimate of drug-likeness (QED) is 0.345. The maximum Gasteiger partial charge on any atom is 0.191 e. The van der Waals surface area contributed by atoms with Gasteiger partial charge in [-0.15, -0.1) is 24.0 Å². The number of guanidine groups is 1. The van der Waals surface area contributed by atoms with Crippen molar-refractivity contribution in [3.63, 3.8) is 0 Å². The zero-order chi connectivity index (χ0) is 14.9. The maximum absolute atomic E-state index is 10.1. The van der Waals surface area contributed by atoms with Crippen molar-refractivity contribution in [1.82, 2.24) is 15.5 Å². The van der Waals surface area contributed by atoms with Crippen molar-refractivity contribution >= 4 is 29.9 Å². The van der Waals surface area contributed by atoms with Gasteiger partial charge in [-0.25, -0.2) is 0 Å². The summed E-state index contributed by atoms with van der Waals surface area (Å²) in [6.07, 6.45) is 1.20. The van der Waals surface area contributed by atoms with Crippen molar-refractivity contribution < 1.29 is 14.3 Å². The summed E-state index contributed by atoms with van der Waals surface area (Å²) in [4.78, 5) is 6.32. The van der Waals surface area contributed by atoms with E-state index in [1.807, 2.05) is 12.1 Å². The topological polar surface area (TPSA) is 82.3 Å². The molecule has 1 saturated heterocycles. The Morgan fingerprint density at radius 1 is 1.41 bits per heavy atom. The van der Waals surface area contributed by atoms with Gasteiger partial charge in [-0.05, 0) is 12.1 Å². The number of nitrogens with zero attached hydrogens (tertiary/aromatic N) is 2. The van der Waals surface area contributed by atoms with E-state index in [-0.39, 0.29) is 24.0 Å². The summed E-state index contributed by atoms with van der Waals surface area (Å²) >= 11 is 0. The Bertz CT molecular complexity index is 422. The molecule has 3 N–H and O–H groups in total. The molecule has 0 saturated carbocycles. The fourth-order valence-electron chi connectivity index (χ4n) is 2.17. The third-order valence-corrected chi connectivity index (χ3v) is 3.31. The van der Waals surface area contributed by atoms with Crippen LogP contribution in [0.4, 0.5) is 0 Å². The van der Waals surface area contributed by atoms with Gasteiger partial charge in [-0.3, -0.25) is 9.89 Å². The van der Waals surface area contributed by atoms with Crippen molar-refractivity contribution in [1.29, 1.82) is 0 Å². The van der Waals surface area contributed by atoms with Crippen molar-refractivity contribution in [3.05, 3.63) is 24.2 Å². The lowest BCUT2D eigenvalue weighted by Crippen LogP contribution is -2.46.